The van der Waals surface area contributed by atoms with E-state index in [1.165, 1.54) is 0 Å². The summed E-state index contributed by atoms with van der Waals surface area (Å²) in [6.07, 6.45) is 0. The second-order valence-corrected chi connectivity index (χ2v) is 5.01. The second kappa shape index (κ2) is 8.83. The minimum absolute atomic E-state index is 0.0500. The molecule has 122 valence electrons. The molecule has 2 rings (SSSR count). The standard InChI is InChI=1S/C19H23NO3/c1-3-20(4-2)19(21)16-10-12-18(13-11-16)23-15-14-22-17-8-6-5-7-9-17/h5-13H,3-4,14-15H2,1-2H3. The molecule has 0 aliphatic heterocycles. The van der Waals surface area contributed by atoms with Gasteiger partial charge in [0.15, 0.2) is 0 Å². The first-order valence-electron chi connectivity index (χ1n) is 7.94. The smallest absolute Gasteiger partial charge is 0.253 e. The monoisotopic (exact) mass is 313 g/mol. The fraction of sp³-hybridized carbons (Fsp3) is 0.316. The van der Waals surface area contributed by atoms with E-state index >= 15 is 0 Å². The Morgan fingerprint density at radius 2 is 1.35 bits per heavy atom. The molecule has 0 aliphatic carbocycles. The predicted octanol–water partition coefficient (Wildman–Crippen LogP) is 3.63. The van der Waals surface area contributed by atoms with E-state index in [-0.39, 0.29) is 5.91 Å². The van der Waals surface area contributed by atoms with Crippen molar-refractivity contribution in [1.29, 1.82) is 0 Å². The van der Waals surface area contributed by atoms with Gasteiger partial charge in [-0.1, -0.05) is 18.2 Å². The highest BCUT2D eigenvalue weighted by Crippen LogP contribution is 2.14. The first-order chi connectivity index (χ1) is 11.2. The summed E-state index contributed by atoms with van der Waals surface area (Å²) in [5.74, 6) is 1.61. The second-order valence-electron chi connectivity index (χ2n) is 5.01. The summed E-state index contributed by atoms with van der Waals surface area (Å²) in [7, 11) is 0. The molecule has 0 saturated heterocycles. The Hall–Kier alpha value is -2.49. The maximum Gasteiger partial charge on any atom is 0.253 e. The molecule has 0 aliphatic rings. The molecule has 0 radical (unpaired) electrons. The lowest BCUT2D eigenvalue weighted by Crippen LogP contribution is -2.30. The average Bonchev–Trinajstić information content (AvgIpc) is 2.61. The summed E-state index contributed by atoms with van der Waals surface area (Å²) < 4.78 is 11.2. The van der Waals surface area contributed by atoms with E-state index in [1.54, 1.807) is 17.0 Å². The number of benzene rings is 2. The van der Waals surface area contributed by atoms with Crippen molar-refractivity contribution in [2.24, 2.45) is 0 Å². The van der Waals surface area contributed by atoms with Gasteiger partial charge in [-0.15, -0.1) is 0 Å². The molecule has 0 atom stereocenters. The zero-order chi connectivity index (χ0) is 16.5. The molecule has 0 fully saturated rings. The summed E-state index contributed by atoms with van der Waals surface area (Å²) in [4.78, 5) is 14.0. The van der Waals surface area contributed by atoms with Crippen LogP contribution < -0.4 is 9.47 Å². The Morgan fingerprint density at radius 3 is 1.87 bits per heavy atom. The maximum atomic E-state index is 12.2. The summed E-state index contributed by atoms with van der Waals surface area (Å²) in [5.41, 5.74) is 0.682. The van der Waals surface area contributed by atoms with E-state index in [4.69, 9.17) is 9.47 Å². The molecule has 2 aromatic carbocycles. The molecule has 0 saturated carbocycles. The fourth-order valence-electron chi connectivity index (χ4n) is 2.22. The molecule has 2 aromatic rings. The largest absolute Gasteiger partial charge is 0.490 e. The van der Waals surface area contributed by atoms with Crippen LogP contribution in [0.1, 0.15) is 24.2 Å². The SMILES string of the molecule is CCN(CC)C(=O)c1ccc(OCCOc2ccccc2)cc1. The number of ether oxygens (including phenoxy) is 2. The van der Waals surface area contributed by atoms with Gasteiger partial charge >= 0.3 is 0 Å². The number of rotatable bonds is 8. The molecule has 4 nitrogen and oxygen atoms in total. The lowest BCUT2D eigenvalue weighted by atomic mass is 10.2. The minimum atomic E-state index is 0.0500. The lowest BCUT2D eigenvalue weighted by molar-refractivity contribution is 0.0773. The molecule has 0 heterocycles. The van der Waals surface area contributed by atoms with E-state index in [1.807, 2.05) is 56.3 Å². The van der Waals surface area contributed by atoms with Crippen molar-refractivity contribution in [2.75, 3.05) is 26.3 Å². The zero-order valence-electron chi connectivity index (χ0n) is 13.7. The first kappa shape index (κ1) is 16.9. The van der Waals surface area contributed by atoms with Crippen LogP contribution in [0.4, 0.5) is 0 Å². The quantitative estimate of drug-likeness (QED) is 0.699. The molecule has 0 aromatic heterocycles. The molecule has 0 spiro atoms. The Labute approximate surface area is 137 Å². The normalized spacial score (nSPS) is 10.2. The van der Waals surface area contributed by atoms with Gasteiger partial charge in [0.2, 0.25) is 0 Å². The van der Waals surface area contributed by atoms with E-state index in [2.05, 4.69) is 0 Å². The van der Waals surface area contributed by atoms with Crippen molar-refractivity contribution in [3.8, 4) is 11.5 Å². The highest BCUT2D eigenvalue weighted by molar-refractivity contribution is 5.94. The Balaban J connectivity index is 1.80. The predicted molar refractivity (Wildman–Crippen MR) is 91.1 cm³/mol. The Bertz CT molecular complexity index is 592. The van der Waals surface area contributed by atoms with Crippen LogP contribution >= 0.6 is 0 Å². The van der Waals surface area contributed by atoms with Gasteiger partial charge in [-0.25, -0.2) is 0 Å². The molecule has 0 unspecified atom stereocenters. The van der Waals surface area contributed by atoms with E-state index in [0.717, 1.165) is 11.5 Å². The van der Waals surface area contributed by atoms with Gasteiger partial charge in [-0.3, -0.25) is 4.79 Å². The van der Waals surface area contributed by atoms with Crippen LogP contribution in [0.2, 0.25) is 0 Å². The van der Waals surface area contributed by atoms with Crippen molar-refractivity contribution in [3.05, 3.63) is 60.2 Å². The third kappa shape index (κ3) is 5.02. The summed E-state index contributed by atoms with van der Waals surface area (Å²) in [5, 5.41) is 0. The van der Waals surface area contributed by atoms with Crippen LogP contribution in [0, 0.1) is 0 Å². The van der Waals surface area contributed by atoms with Gasteiger partial charge in [0.25, 0.3) is 5.91 Å². The molecule has 1 amide bonds. The van der Waals surface area contributed by atoms with E-state index < -0.39 is 0 Å². The highest BCUT2D eigenvalue weighted by atomic mass is 16.5. The molecule has 23 heavy (non-hydrogen) atoms. The highest BCUT2D eigenvalue weighted by Gasteiger charge is 2.11. The number of hydrogen-bond acceptors (Lipinski definition) is 3. The van der Waals surface area contributed by atoms with Crippen LogP contribution in [-0.4, -0.2) is 37.1 Å². The van der Waals surface area contributed by atoms with Gasteiger partial charge in [0.05, 0.1) is 0 Å². The maximum absolute atomic E-state index is 12.2. The van der Waals surface area contributed by atoms with Crippen LogP contribution in [0.25, 0.3) is 0 Å². The van der Waals surface area contributed by atoms with Gasteiger partial charge in [0.1, 0.15) is 24.7 Å². The van der Waals surface area contributed by atoms with Crippen LogP contribution in [0.5, 0.6) is 11.5 Å². The van der Waals surface area contributed by atoms with Gasteiger partial charge in [-0.2, -0.15) is 0 Å². The topological polar surface area (TPSA) is 38.8 Å². The molecule has 0 N–H and O–H groups in total. The van der Waals surface area contributed by atoms with Crippen molar-refractivity contribution >= 4 is 5.91 Å². The zero-order valence-corrected chi connectivity index (χ0v) is 13.7. The molecular weight excluding hydrogens is 290 g/mol. The Morgan fingerprint density at radius 1 is 0.826 bits per heavy atom. The van der Waals surface area contributed by atoms with Crippen LogP contribution in [0.3, 0.4) is 0 Å². The number of carbonyl (C=O) groups excluding carboxylic acids is 1. The van der Waals surface area contributed by atoms with E-state index in [0.29, 0.717) is 31.9 Å². The average molecular weight is 313 g/mol. The number of hydrogen-bond donors (Lipinski definition) is 0. The first-order valence-corrected chi connectivity index (χ1v) is 7.94. The van der Waals surface area contributed by atoms with Crippen molar-refractivity contribution < 1.29 is 14.3 Å². The molecular formula is C19H23NO3. The number of carbonyl (C=O) groups is 1. The van der Waals surface area contributed by atoms with Gasteiger partial charge < -0.3 is 14.4 Å². The van der Waals surface area contributed by atoms with Crippen molar-refractivity contribution in [2.45, 2.75) is 13.8 Å². The van der Waals surface area contributed by atoms with E-state index in [9.17, 15) is 4.79 Å². The van der Waals surface area contributed by atoms with Gasteiger partial charge in [-0.05, 0) is 50.2 Å². The summed E-state index contributed by atoms with van der Waals surface area (Å²) >= 11 is 0. The summed E-state index contributed by atoms with van der Waals surface area (Å²) in [6.45, 7) is 6.31. The van der Waals surface area contributed by atoms with Crippen LogP contribution in [-0.2, 0) is 0 Å². The molecule has 4 heteroatoms. The number of amides is 1. The number of para-hydroxylation sites is 1. The fourth-order valence-corrected chi connectivity index (χ4v) is 2.22. The number of nitrogens with zero attached hydrogens (tertiary/aromatic N) is 1. The van der Waals surface area contributed by atoms with Crippen LogP contribution in [0.15, 0.2) is 54.6 Å². The molecule has 0 bridgehead atoms. The van der Waals surface area contributed by atoms with Crippen molar-refractivity contribution in [1.82, 2.24) is 4.90 Å². The van der Waals surface area contributed by atoms with Gasteiger partial charge in [0, 0.05) is 18.7 Å². The Kier molecular flexibility index (Phi) is 6.48. The van der Waals surface area contributed by atoms with Crippen molar-refractivity contribution in [3.63, 3.8) is 0 Å². The third-order valence-corrected chi connectivity index (χ3v) is 3.52. The third-order valence-electron chi connectivity index (χ3n) is 3.52. The minimum Gasteiger partial charge on any atom is -0.490 e. The lowest BCUT2D eigenvalue weighted by Gasteiger charge is -2.18. The summed E-state index contributed by atoms with van der Waals surface area (Å²) in [6, 6.07) is 16.9.